The quantitative estimate of drug-likeness (QED) is 0.800. The van der Waals surface area contributed by atoms with E-state index in [1.807, 2.05) is 0 Å². The first-order valence-corrected chi connectivity index (χ1v) is 8.99. The second-order valence-corrected chi connectivity index (χ2v) is 7.15. The van der Waals surface area contributed by atoms with Gasteiger partial charge in [-0.05, 0) is 64.9 Å². The largest absolute Gasteiger partial charge is 0.349 e. The molecule has 3 rings (SSSR count). The van der Waals surface area contributed by atoms with Gasteiger partial charge in [0.1, 0.15) is 5.82 Å². The van der Waals surface area contributed by atoms with Crippen LogP contribution in [-0.4, -0.2) is 29.8 Å². The van der Waals surface area contributed by atoms with E-state index >= 15 is 0 Å². The molecule has 1 saturated heterocycles. The van der Waals surface area contributed by atoms with Crippen molar-refractivity contribution < 1.29 is 14.0 Å². The molecule has 0 saturated carbocycles. The topological polar surface area (TPSA) is 49.4 Å². The van der Waals surface area contributed by atoms with E-state index in [0.717, 1.165) is 36.8 Å². The Morgan fingerprint density at radius 1 is 1.38 bits per heavy atom. The van der Waals surface area contributed by atoms with Crippen LogP contribution in [0.1, 0.15) is 36.4 Å². The van der Waals surface area contributed by atoms with Gasteiger partial charge in [-0.1, -0.05) is 12.6 Å². The number of benzene rings is 1. The molecule has 2 aliphatic rings. The van der Waals surface area contributed by atoms with Gasteiger partial charge in [0.2, 0.25) is 11.8 Å². The van der Waals surface area contributed by atoms with Crippen LogP contribution in [-0.2, 0) is 16.0 Å². The van der Waals surface area contributed by atoms with Gasteiger partial charge in [-0.15, -0.1) is 0 Å². The molecule has 4 nitrogen and oxygen atoms in total. The summed E-state index contributed by atoms with van der Waals surface area (Å²) in [7, 11) is 0. The van der Waals surface area contributed by atoms with Gasteiger partial charge < -0.3 is 10.2 Å². The van der Waals surface area contributed by atoms with Gasteiger partial charge in [-0.3, -0.25) is 9.59 Å². The van der Waals surface area contributed by atoms with Crippen molar-refractivity contribution in [3.63, 3.8) is 0 Å². The lowest BCUT2D eigenvalue weighted by Crippen LogP contribution is -2.45. The van der Waals surface area contributed by atoms with E-state index in [-0.39, 0.29) is 29.6 Å². The molecule has 24 heavy (non-hydrogen) atoms. The molecule has 2 amide bonds. The SMILES string of the molecule is C=CC(=O)N1CCCC(C(=O)NC2CCc3c2ccc(F)c3Br)C1. The Balaban J connectivity index is 1.68. The Labute approximate surface area is 149 Å². The van der Waals surface area contributed by atoms with Gasteiger partial charge >= 0.3 is 0 Å². The van der Waals surface area contributed by atoms with Crippen LogP contribution in [0.4, 0.5) is 4.39 Å². The van der Waals surface area contributed by atoms with E-state index < -0.39 is 0 Å². The first-order chi connectivity index (χ1) is 11.5. The minimum absolute atomic E-state index is 0.0325. The average Bonchev–Trinajstić information content (AvgIpc) is 3.01. The Morgan fingerprint density at radius 2 is 2.17 bits per heavy atom. The number of rotatable bonds is 3. The fourth-order valence-electron chi connectivity index (χ4n) is 3.59. The molecule has 0 bridgehead atoms. The summed E-state index contributed by atoms with van der Waals surface area (Å²) in [6, 6.07) is 3.09. The molecular weight excluding hydrogens is 375 g/mol. The first-order valence-electron chi connectivity index (χ1n) is 8.19. The minimum atomic E-state index is -0.272. The van der Waals surface area contributed by atoms with Crippen LogP contribution < -0.4 is 5.32 Å². The van der Waals surface area contributed by atoms with Crippen molar-refractivity contribution in [2.45, 2.75) is 31.7 Å². The molecule has 1 heterocycles. The molecule has 0 aromatic heterocycles. The van der Waals surface area contributed by atoms with E-state index in [9.17, 15) is 14.0 Å². The summed E-state index contributed by atoms with van der Waals surface area (Å²) in [5.41, 5.74) is 1.92. The third kappa shape index (κ3) is 3.24. The van der Waals surface area contributed by atoms with Gasteiger partial charge in [0, 0.05) is 13.1 Å². The fourth-order valence-corrected chi connectivity index (χ4v) is 4.15. The monoisotopic (exact) mass is 394 g/mol. The molecule has 6 heteroatoms. The number of likely N-dealkylation sites (tertiary alicyclic amines) is 1. The number of fused-ring (bicyclic) bond motifs is 1. The smallest absolute Gasteiger partial charge is 0.245 e. The van der Waals surface area contributed by atoms with E-state index in [1.54, 1.807) is 11.0 Å². The van der Waals surface area contributed by atoms with E-state index in [2.05, 4.69) is 27.8 Å². The molecule has 1 aromatic rings. The molecule has 1 N–H and O–H groups in total. The fraction of sp³-hybridized carbons (Fsp3) is 0.444. The molecule has 2 atom stereocenters. The van der Waals surface area contributed by atoms with Crippen LogP contribution in [0.25, 0.3) is 0 Å². The molecule has 1 fully saturated rings. The number of nitrogens with zero attached hydrogens (tertiary/aromatic N) is 1. The second-order valence-electron chi connectivity index (χ2n) is 6.36. The summed E-state index contributed by atoms with van der Waals surface area (Å²) < 4.78 is 14.1. The number of amides is 2. The summed E-state index contributed by atoms with van der Waals surface area (Å²) in [6.45, 7) is 4.61. The normalized spacial score (nSPS) is 22.8. The molecule has 0 spiro atoms. The second kappa shape index (κ2) is 7.05. The van der Waals surface area contributed by atoms with Gasteiger partial charge in [0.25, 0.3) is 0 Å². The summed E-state index contributed by atoms with van der Waals surface area (Å²) in [5, 5.41) is 3.08. The highest BCUT2D eigenvalue weighted by molar-refractivity contribution is 9.10. The van der Waals surface area contributed by atoms with E-state index in [4.69, 9.17) is 0 Å². The van der Waals surface area contributed by atoms with Gasteiger partial charge in [0.15, 0.2) is 0 Å². The lowest BCUT2D eigenvalue weighted by Gasteiger charge is -2.32. The molecule has 2 unspecified atom stereocenters. The molecule has 128 valence electrons. The Hall–Kier alpha value is -1.69. The Morgan fingerprint density at radius 3 is 2.92 bits per heavy atom. The van der Waals surface area contributed by atoms with Gasteiger partial charge in [-0.2, -0.15) is 0 Å². The number of nitrogens with one attached hydrogen (secondary N) is 1. The summed E-state index contributed by atoms with van der Waals surface area (Å²) in [6.07, 6.45) is 4.39. The molecule has 1 aliphatic heterocycles. The average molecular weight is 395 g/mol. The standard InChI is InChI=1S/C18H20BrFN2O2/c1-2-16(23)22-9-3-4-11(10-22)18(24)21-15-8-6-13-12(15)5-7-14(20)17(13)19/h2,5,7,11,15H,1,3-4,6,8-10H2,(H,21,24). The zero-order valence-electron chi connectivity index (χ0n) is 13.4. The van der Waals surface area contributed by atoms with Crippen molar-refractivity contribution >= 4 is 27.7 Å². The Kier molecular flexibility index (Phi) is 5.04. The molecule has 1 aromatic carbocycles. The maximum absolute atomic E-state index is 13.6. The third-order valence-electron chi connectivity index (χ3n) is 4.89. The summed E-state index contributed by atoms with van der Waals surface area (Å²) >= 11 is 3.29. The lowest BCUT2D eigenvalue weighted by molar-refractivity contribution is -0.132. The van der Waals surface area contributed by atoms with Crippen molar-refractivity contribution in [2.24, 2.45) is 5.92 Å². The van der Waals surface area contributed by atoms with Crippen LogP contribution in [0.5, 0.6) is 0 Å². The Bertz CT molecular complexity index is 692. The predicted molar refractivity (Wildman–Crippen MR) is 92.8 cm³/mol. The molecule has 1 aliphatic carbocycles. The lowest BCUT2D eigenvalue weighted by atomic mass is 9.96. The van der Waals surface area contributed by atoms with Gasteiger partial charge in [0.05, 0.1) is 16.4 Å². The van der Waals surface area contributed by atoms with Crippen LogP contribution in [0, 0.1) is 11.7 Å². The molecular formula is C18H20BrFN2O2. The van der Waals surface area contributed by atoms with E-state index in [0.29, 0.717) is 17.6 Å². The first kappa shape index (κ1) is 17.1. The van der Waals surface area contributed by atoms with Crippen LogP contribution in [0.2, 0.25) is 0 Å². The summed E-state index contributed by atoms with van der Waals surface area (Å²) in [4.78, 5) is 26.0. The predicted octanol–water partition coefficient (Wildman–Crippen LogP) is 3.12. The summed E-state index contributed by atoms with van der Waals surface area (Å²) in [5.74, 6) is -0.629. The van der Waals surface area contributed by atoms with Crippen molar-refractivity contribution in [3.8, 4) is 0 Å². The maximum Gasteiger partial charge on any atom is 0.245 e. The number of carbonyl (C=O) groups excluding carboxylic acids is 2. The van der Waals surface area contributed by atoms with Crippen molar-refractivity contribution in [1.29, 1.82) is 0 Å². The van der Waals surface area contributed by atoms with Crippen molar-refractivity contribution in [1.82, 2.24) is 10.2 Å². The zero-order valence-corrected chi connectivity index (χ0v) is 14.9. The van der Waals surface area contributed by atoms with Crippen LogP contribution in [0.15, 0.2) is 29.3 Å². The third-order valence-corrected chi connectivity index (χ3v) is 5.74. The van der Waals surface area contributed by atoms with Crippen molar-refractivity contribution in [3.05, 3.63) is 46.2 Å². The maximum atomic E-state index is 13.6. The van der Waals surface area contributed by atoms with Crippen molar-refractivity contribution in [2.75, 3.05) is 13.1 Å². The highest BCUT2D eigenvalue weighted by Crippen LogP contribution is 2.37. The van der Waals surface area contributed by atoms with Crippen LogP contribution in [0.3, 0.4) is 0 Å². The number of hydrogen-bond donors (Lipinski definition) is 1. The minimum Gasteiger partial charge on any atom is -0.349 e. The molecule has 0 radical (unpaired) electrons. The highest BCUT2D eigenvalue weighted by Gasteiger charge is 2.31. The number of hydrogen-bond acceptors (Lipinski definition) is 2. The van der Waals surface area contributed by atoms with Gasteiger partial charge in [-0.25, -0.2) is 4.39 Å². The number of carbonyl (C=O) groups is 2. The highest BCUT2D eigenvalue weighted by atomic mass is 79.9. The zero-order chi connectivity index (χ0) is 17.3. The van der Waals surface area contributed by atoms with Crippen LogP contribution >= 0.6 is 15.9 Å². The number of piperidine rings is 1. The van der Waals surface area contributed by atoms with E-state index in [1.165, 1.54) is 12.1 Å². The number of halogens is 2.